The van der Waals surface area contributed by atoms with Crippen molar-refractivity contribution in [3.05, 3.63) is 35.4 Å². The molecule has 1 aromatic carbocycles. The molecule has 0 amide bonds. The predicted molar refractivity (Wildman–Crippen MR) is 50.5 cm³/mol. The normalized spacial score (nSPS) is 21.4. The summed E-state index contributed by atoms with van der Waals surface area (Å²) in [6.45, 7) is 3.03. The third kappa shape index (κ3) is 2.73. The Morgan fingerprint density at radius 2 is 2.20 bits per heavy atom. The molecule has 0 aliphatic carbocycles. The van der Waals surface area contributed by atoms with Crippen molar-refractivity contribution in [2.24, 2.45) is 0 Å². The van der Waals surface area contributed by atoms with Gasteiger partial charge in [0.05, 0.1) is 19.3 Å². The highest BCUT2D eigenvalue weighted by Crippen LogP contribution is 2.21. The van der Waals surface area contributed by atoms with Crippen molar-refractivity contribution in [1.82, 2.24) is 0 Å². The Labute approximate surface area is 86.8 Å². The minimum absolute atomic E-state index is 0.178. The van der Waals surface area contributed by atoms with E-state index in [2.05, 4.69) is 0 Å². The second-order valence-electron chi connectivity index (χ2n) is 3.60. The molecule has 1 aliphatic rings. The lowest BCUT2D eigenvalue weighted by atomic mass is 10.1. The van der Waals surface area contributed by atoms with Gasteiger partial charge in [-0.25, -0.2) is 8.78 Å². The van der Waals surface area contributed by atoms with Gasteiger partial charge < -0.3 is 9.47 Å². The van der Waals surface area contributed by atoms with Gasteiger partial charge in [-0.1, -0.05) is 6.07 Å². The van der Waals surface area contributed by atoms with E-state index in [-0.39, 0.29) is 12.2 Å². The highest BCUT2D eigenvalue weighted by molar-refractivity contribution is 5.19. The second kappa shape index (κ2) is 4.24. The summed E-state index contributed by atoms with van der Waals surface area (Å²) in [6, 6.07) is 3.79. The molecule has 0 spiro atoms. The van der Waals surface area contributed by atoms with E-state index in [0.29, 0.717) is 12.2 Å². The first-order valence-electron chi connectivity index (χ1n) is 4.85. The van der Waals surface area contributed by atoms with E-state index in [1.807, 2.05) is 0 Å². The molecule has 82 valence electrons. The van der Waals surface area contributed by atoms with Gasteiger partial charge in [-0.05, 0) is 24.6 Å². The molecule has 1 saturated heterocycles. The van der Waals surface area contributed by atoms with E-state index in [0.717, 1.165) is 18.7 Å². The molecule has 1 aromatic rings. The summed E-state index contributed by atoms with van der Waals surface area (Å²) in [5, 5.41) is 0. The van der Waals surface area contributed by atoms with E-state index in [9.17, 15) is 8.78 Å². The standard InChI is InChI=1S/C11H12F2O2/c1-7(14-5-9-6-15-9)8-2-3-10(12)11(13)4-8/h2-4,7,9H,5-6H2,1H3/t7-,9-/m1/s1. The highest BCUT2D eigenvalue weighted by Gasteiger charge is 2.23. The molecule has 0 radical (unpaired) electrons. The smallest absolute Gasteiger partial charge is 0.159 e. The van der Waals surface area contributed by atoms with E-state index < -0.39 is 11.6 Å². The molecule has 2 rings (SSSR count). The van der Waals surface area contributed by atoms with Crippen molar-refractivity contribution >= 4 is 0 Å². The summed E-state index contributed by atoms with van der Waals surface area (Å²) in [5.74, 6) is -1.68. The summed E-state index contributed by atoms with van der Waals surface area (Å²) < 4.78 is 36.0. The second-order valence-corrected chi connectivity index (χ2v) is 3.60. The van der Waals surface area contributed by atoms with Crippen LogP contribution in [0.4, 0.5) is 8.78 Å². The fraction of sp³-hybridized carbons (Fsp3) is 0.455. The number of hydrogen-bond donors (Lipinski definition) is 0. The lowest BCUT2D eigenvalue weighted by Crippen LogP contribution is -2.06. The number of benzene rings is 1. The van der Waals surface area contributed by atoms with Gasteiger partial charge in [-0.2, -0.15) is 0 Å². The average molecular weight is 214 g/mol. The zero-order valence-corrected chi connectivity index (χ0v) is 8.37. The number of hydrogen-bond acceptors (Lipinski definition) is 2. The topological polar surface area (TPSA) is 21.8 Å². The van der Waals surface area contributed by atoms with E-state index in [4.69, 9.17) is 9.47 Å². The molecule has 0 aromatic heterocycles. The maximum Gasteiger partial charge on any atom is 0.159 e. The Morgan fingerprint density at radius 3 is 2.80 bits per heavy atom. The van der Waals surface area contributed by atoms with Crippen LogP contribution < -0.4 is 0 Å². The maximum absolute atomic E-state index is 12.9. The summed E-state index contributed by atoms with van der Waals surface area (Å²) in [5.41, 5.74) is 0.634. The van der Waals surface area contributed by atoms with Crippen molar-refractivity contribution in [2.45, 2.75) is 19.1 Å². The van der Waals surface area contributed by atoms with Crippen LogP contribution in [0.5, 0.6) is 0 Å². The van der Waals surface area contributed by atoms with E-state index >= 15 is 0 Å². The zero-order chi connectivity index (χ0) is 10.8. The molecule has 4 heteroatoms. The fourth-order valence-corrected chi connectivity index (χ4v) is 1.28. The quantitative estimate of drug-likeness (QED) is 0.718. The van der Waals surface area contributed by atoms with Crippen molar-refractivity contribution in [3.63, 3.8) is 0 Å². The number of halogens is 2. The third-order valence-electron chi connectivity index (χ3n) is 2.35. The molecule has 0 bridgehead atoms. The Morgan fingerprint density at radius 1 is 1.47 bits per heavy atom. The largest absolute Gasteiger partial charge is 0.371 e. The Kier molecular flexibility index (Phi) is 2.98. The molecule has 2 atom stereocenters. The van der Waals surface area contributed by atoms with Crippen LogP contribution in [0.25, 0.3) is 0 Å². The van der Waals surface area contributed by atoms with Crippen LogP contribution in [0.15, 0.2) is 18.2 Å². The SMILES string of the molecule is C[C@@H](OC[C@@H]1CO1)c1ccc(F)c(F)c1. The van der Waals surface area contributed by atoms with Gasteiger partial charge in [0, 0.05) is 0 Å². The summed E-state index contributed by atoms with van der Waals surface area (Å²) in [7, 11) is 0. The van der Waals surface area contributed by atoms with Gasteiger partial charge in [0.1, 0.15) is 6.10 Å². The average Bonchev–Trinajstić information content (AvgIpc) is 3.02. The molecule has 15 heavy (non-hydrogen) atoms. The van der Waals surface area contributed by atoms with Crippen LogP contribution in [-0.2, 0) is 9.47 Å². The summed E-state index contributed by atoms with van der Waals surface area (Å²) in [6.07, 6.45) is -0.0676. The first-order valence-corrected chi connectivity index (χ1v) is 4.85. The van der Waals surface area contributed by atoms with Crippen LogP contribution in [0.3, 0.4) is 0 Å². The number of epoxide rings is 1. The van der Waals surface area contributed by atoms with Crippen LogP contribution in [0, 0.1) is 11.6 Å². The molecule has 1 aliphatic heterocycles. The molecule has 1 fully saturated rings. The summed E-state index contributed by atoms with van der Waals surface area (Å²) in [4.78, 5) is 0. The van der Waals surface area contributed by atoms with Gasteiger partial charge in [-0.15, -0.1) is 0 Å². The van der Waals surface area contributed by atoms with Gasteiger partial charge in [0.25, 0.3) is 0 Å². The first-order chi connectivity index (χ1) is 7.16. The first kappa shape index (κ1) is 10.5. The number of rotatable bonds is 4. The highest BCUT2D eigenvalue weighted by atomic mass is 19.2. The Balaban J connectivity index is 1.97. The van der Waals surface area contributed by atoms with Gasteiger partial charge in [0.2, 0.25) is 0 Å². The number of ether oxygens (including phenoxy) is 2. The summed E-state index contributed by atoms with van der Waals surface area (Å²) >= 11 is 0. The van der Waals surface area contributed by atoms with Crippen molar-refractivity contribution in [3.8, 4) is 0 Å². The molecule has 1 heterocycles. The maximum atomic E-state index is 12.9. The molecule has 0 N–H and O–H groups in total. The van der Waals surface area contributed by atoms with Crippen LogP contribution in [0.1, 0.15) is 18.6 Å². The lowest BCUT2D eigenvalue weighted by molar-refractivity contribution is 0.0537. The van der Waals surface area contributed by atoms with Crippen LogP contribution >= 0.6 is 0 Å². The fourth-order valence-electron chi connectivity index (χ4n) is 1.28. The van der Waals surface area contributed by atoms with E-state index in [1.165, 1.54) is 6.07 Å². The van der Waals surface area contributed by atoms with Gasteiger partial charge >= 0.3 is 0 Å². The van der Waals surface area contributed by atoms with Crippen LogP contribution in [0.2, 0.25) is 0 Å². The minimum atomic E-state index is -0.842. The van der Waals surface area contributed by atoms with Crippen molar-refractivity contribution < 1.29 is 18.3 Å². The van der Waals surface area contributed by atoms with Gasteiger partial charge in [-0.3, -0.25) is 0 Å². The lowest BCUT2D eigenvalue weighted by Gasteiger charge is -2.12. The van der Waals surface area contributed by atoms with Crippen LogP contribution in [-0.4, -0.2) is 19.3 Å². The molecular weight excluding hydrogens is 202 g/mol. The minimum Gasteiger partial charge on any atom is -0.371 e. The van der Waals surface area contributed by atoms with Crippen molar-refractivity contribution in [2.75, 3.05) is 13.2 Å². The molecule has 0 saturated carbocycles. The molecule has 2 nitrogen and oxygen atoms in total. The molecular formula is C11H12F2O2. The predicted octanol–water partition coefficient (Wildman–Crippen LogP) is 2.44. The zero-order valence-electron chi connectivity index (χ0n) is 8.37. The molecule has 0 unspecified atom stereocenters. The van der Waals surface area contributed by atoms with Crippen molar-refractivity contribution in [1.29, 1.82) is 0 Å². The monoisotopic (exact) mass is 214 g/mol. The van der Waals surface area contributed by atoms with E-state index in [1.54, 1.807) is 6.92 Å². The third-order valence-corrected chi connectivity index (χ3v) is 2.35. The Bertz CT molecular complexity index is 350. The van der Waals surface area contributed by atoms with Gasteiger partial charge in [0.15, 0.2) is 11.6 Å². The Hall–Kier alpha value is -1.00.